The van der Waals surface area contributed by atoms with Gasteiger partial charge in [-0.15, -0.1) is 0 Å². The number of amidine groups is 1. The summed E-state index contributed by atoms with van der Waals surface area (Å²) in [5, 5.41) is 43.6. The first-order valence-corrected chi connectivity index (χ1v) is 19.8. The van der Waals surface area contributed by atoms with Crippen LogP contribution in [0.1, 0.15) is 60.9 Å². The van der Waals surface area contributed by atoms with Crippen molar-refractivity contribution >= 4 is 46.5 Å². The third kappa shape index (κ3) is 7.37. The molecule has 8 N–H and O–H groups in total. The van der Waals surface area contributed by atoms with Crippen molar-refractivity contribution in [1.82, 2.24) is 10.3 Å². The number of para-hydroxylation sites is 1. The van der Waals surface area contributed by atoms with Gasteiger partial charge in [0.15, 0.2) is 29.7 Å². The number of aliphatic hydroxyl groups excluding tert-OH is 3. The highest BCUT2D eigenvalue weighted by Crippen LogP contribution is 2.49. The number of anilines is 1. The number of quaternary nitrogens is 1. The number of nitrogens with zero attached hydrogens (tertiary/aromatic N) is 3. The first-order valence-electron chi connectivity index (χ1n) is 19.8. The lowest BCUT2D eigenvalue weighted by Gasteiger charge is -2.42. The van der Waals surface area contributed by atoms with Crippen molar-refractivity contribution in [2.24, 2.45) is 9.98 Å². The van der Waals surface area contributed by atoms with Crippen LogP contribution in [-0.2, 0) is 25.4 Å². The molecule has 0 saturated carbocycles. The number of guanidine groups is 1. The molecule has 4 aromatic rings. The predicted molar refractivity (Wildman–Crippen MR) is 216 cm³/mol. The van der Waals surface area contributed by atoms with Gasteiger partial charge < -0.3 is 44.7 Å². The summed E-state index contributed by atoms with van der Waals surface area (Å²) in [6, 6.07) is 18.9. The number of pyridine rings is 1. The summed E-state index contributed by atoms with van der Waals surface area (Å²) in [4.78, 5) is 55.3. The van der Waals surface area contributed by atoms with Gasteiger partial charge in [0.05, 0.1) is 25.4 Å². The van der Waals surface area contributed by atoms with Crippen LogP contribution in [-0.4, -0.2) is 126 Å². The molecule has 18 heteroatoms. The minimum Gasteiger partial charge on any atom is -0.486 e. The number of ether oxygens (including phenoxy) is 5. The highest BCUT2D eigenvalue weighted by atomic mass is 16.7. The maximum atomic E-state index is 14.5. The van der Waals surface area contributed by atoms with Crippen LogP contribution in [0.15, 0.2) is 82.9 Å². The second kappa shape index (κ2) is 16.7. The minimum atomic E-state index is -1.54. The van der Waals surface area contributed by atoms with Crippen LogP contribution < -0.4 is 25.4 Å². The van der Waals surface area contributed by atoms with E-state index in [1.165, 1.54) is 0 Å². The zero-order valence-corrected chi connectivity index (χ0v) is 32.6. The fraction of sp³-hybridized carbons (Fsp3) is 0.326. The summed E-state index contributed by atoms with van der Waals surface area (Å²) in [7, 11) is 0. The Hall–Kier alpha value is -6.25. The summed E-state index contributed by atoms with van der Waals surface area (Å²) in [5.74, 6) is -2.09. The number of carbonyl (C=O) groups excluding carboxylic acids is 3. The quantitative estimate of drug-likeness (QED) is 0.105. The molecule has 3 aromatic carbocycles. The second-order valence-corrected chi connectivity index (χ2v) is 15.0. The van der Waals surface area contributed by atoms with Crippen LogP contribution in [0.5, 0.6) is 11.5 Å². The smallest absolute Gasteiger partial charge is 0.284 e. The Bertz CT molecular complexity index is 2510. The molecule has 61 heavy (non-hydrogen) atoms. The van der Waals surface area contributed by atoms with E-state index in [0.29, 0.717) is 34.0 Å². The van der Waals surface area contributed by atoms with Gasteiger partial charge in [-0.3, -0.25) is 25.1 Å². The molecule has 1 saturated heterocycles. The van der Waals surface area contributed by atoms with Crippen LogP contribution in [0.4, 0.5) is 11.5 Å². The number of ketones is 2. The van der Waals surface area contributed by atoms with Crippen LogP contribution in [0.3, 0.4) is 0 Å². The molecular weight excluding hydrogens is 791 g/mol. The van der Waals surface area contributed by atoms with Gasteiger partial charge in [0.2, 0.25) is 18.0 Å². The molecular formula is C43H42N7O11+. The summed E-state index contributed by atoms with van der Waals surface area (Å²) in [6.07, 6.45) is -4.67. The first kappa shape index (κ1) is 40.2. The molecule has 7 atom stereocenters. The number of aliphatic hydroxyl groups is 3. The Morgan fingerprint density at radius 2 is 1.74 bits per heavy atom. The van der Waals surface area contributed by atoms with E-state index in [-0.39, 0.29) is 90.8 Å². The van der Waals surface area contributed by atoms with E-state index >= 15 is 0 Å². The third-order valence-electron chi connectivity index (χ3n) is 11.4. The lowest BCUT2D eigenvalue weighted by molar-refractivity contribution is -0.723. The van der Waals surface area contributed by atoms with Gasteiger partial charge in [-0.2, -0.15) is 4.99 Å². The van der Waals surface area contributed by atoms with Crippen molar-refractivity contribution in [1.29, 1.82) is 5.41 Å². The number of carbonyl (C=O) groups is 3. The monoisotopic (exact) mass is 832 g/mol. The molecule has 314 valence electrons. The number of nitrogen functional groups attached to an aromatic ring is 1. The molecule has 5 aliphatic rings. The molecule has 18 nitrogen and oxygen atoms in total. The second-order valence-electron chi connectivity index (χ2n) is 15.0. The summed E-state index contributed by atoms with van der Waals surface area (Å²) >= 11 is 0. The molecule has 1 fully saturated rings. The lowest BCUT2D eigenvalue weighted by atomic mass is 9.79. The zero-order valence-electron chi connectivity index (χ0n) is 32.6. The summed E-state index contributed by atoms with van der Waals surface area (Å²) in [5.41, 5.74) is 8.82. The Morgan fingerprint density at radius 3 is 2.54 bits per heavy atom. The fourth-order valence-electron chi connectivity index (χ4n) is 8.51. The normalized spacial score (nSPS) is 25.7. The topological polar surface area (TPSA) is 262 Å². The number of aliphatic imine (C=N–C) groups is 2. The van der Waals surface area contributed by atoms with E-state index < -0.39 is 60.7 Å². The van der Waals surface area contributed by atoms with Crippen molar-refractivity contribution in [3.8, 4) is 11.5 Å². The molecule has 1 aromatic heterocycles. The Morgan fingerprint density at radius 1 is 0.951 bits per heavy atom. The third-order valence-corrected chi connectivity index (χ3v) is 11.4. The number of nitrogens with one attached hydrogen (secondary N) is 3. The highest BCUT2D eigenvalue weighted by molar-refractivity contribution is 6.68. The number of aromatic nitrogens is 1. The minimum absolute atomic E-state index is 0.0261. The molecule has 0 spiro atoms. The van der Waals surface area contributed by atoms with Gasteiger partial charge in [-0.25, -0.2) is 14.9 Å². The highest BCUT2D eigenvalue weighted by Gasteiger charge is 2.49. The van der Waals surface area contributed by atoms with Crippen LogP contribution in [0, 0.1) is 5.41 Å². The molecule has 2 bridgehead atoms. The summed E-state index contributed by atoms with van der Waals surface area (Å²) < 4.78 is 31.9. The van der Waals surface area contributed by atoms with E-state index in [2.05, 4.69) is 20.3 Å². The van der Waals surface area contributed by atoms with Crippen molar-refractivity contribution < 1.29 is 58.3 Å². The maximum absolute atomic E-state index is 14.5. The van der Waals surface area contributed by atoms with Gasteiger partial charge in [0.25, 0.3) is 11.7 Å². The average Bonchev–Trinajstić information content (AvgIpc) is 3.67. The Labute approximate surface area is 348 Å². The molecule has 5 heterocycles. The molecule has 9 rings (SSSR count). The van der Waals surface area contributed by atoms with Crippen LogP contribution in [0.2, 0.25) is 0 Å². The van der Waals surface area contributed by atoms with E-state index in [4.69, 9.17) is 34.8 Å². The number of fused-ring (bicyclic) bond motifs is 6. The number of amides is 1. The van der Waals surface area contributed by atoms with Gasteiger partial charge in [0, 0.05) is 46.5 Å². The summed E-state index contributed by atoms with van der Waals surface area (Å²) in [6.45, 7) is -0.696. The van der Waals surface area contributed by atoms with E-state index in [1.54, 1.807) is 48.7 Å². The van der Waals surface area contributed by atoms with Crippen molar-refractivity contribution in [3.05, 3.63) is 112 Å². The standard InChI is InChI=1S/C43H41N7O11/c44-30-17-21(9-12-46-30)10-15-58-39-36(55)35(54)29-19-57-14-11-22(23-5-3-4-8-28(23)50-20-47-32-40(50)48-43(45)49-41(32)56)26-18-27-31(34(53)25-7-2-1-6-24(25)33(27)52)38(59-16-13-51)37(26)61-42(39)60-29/h1-9,12,17-18,22,29,35-36,39,42,51,54-55H,10-11,13-16,19-20H2,(H2,44,46)(H2,45,49,56)/p+1. The van der Waals surface area contributed by atoms with Crippen LogP contribution >= 0.6 is 0 Å². The van der Waals surface area contributed by atoms with E-state index in [9.17, 15) is 29.7 Å². The number of hydrogen-bond acceptors (Lipinski definition) is 15. The van der Waals surface area contributed by atoms with Gasteiger partial charge in [-0.05, 0) is 42.7 Å². The predicted octanol–water partition coefficient (Wildman–Crippen LogP) is 0.207. The van der Waals surface area contributed by atoms with Crippen molar-refractivity contribution in [2.75, 3.05) is 45.4 Å². The first-order chi connectivity index (χ1) is 29.6. The van der Waals surface area contributed by atoms with Crippen molar-refractivity contribution in [2.45, 2.75) is 49.5 Å². The Kier molecular flexibility index (Phi) is 11.0. The molecule has 0 radical (unpaired) electrons. The Balaban J connectivity index is 1.22. The number of nitrogens with two attached hydrogens (primary N) is 1. The number of rotatable bonds is 9. The molecule has 1 amide bonds. The fourth-order valence-corrected chi connectivity index (χ4v) is 8.51. The average molecular weight is 833 g/mol. The van der Waals surface area contributed by atoms with E-state index in [1.807, 2.05) is 24.3 Å². The van der Waals surface area contributed by atoms with Gasteiger partial charge in [-0.1, -0.05) is 42.5 Å². The number of benzene rings is 3. The zero-order chi connectivity index (χ0) is 42.4. The maximum Gasteiger partial charge on any atom is 0.284 e. The number of hydrogen-bond donors (Lipinski definition) is 7. The molecule has 7 unspecified atom stereocenters. The SMILES string of the molecule is N=C1N=C2C(=NC[NH+]2c2ccccc2C2CCOCC3OC(Oc4c2cc2c(c4OCCO)C(=O)c4ccccc4C2=O)C(OCCc2ccnc(N)c2)C(O)C3O)C(=O)N1. The van der Waals surface area contributed by atoms with E-state index in [0.717, 1.165) is 5.56 Å². The largest absolute Gasteiger partial charge is 0.486 e. The molecule has 1 aliphatic carbocycles. The molecule has 4 aliphatic heterocycles. The van der Waals surface area contributed by atoms with Gasteiger partial charge >= 0.3 is 0 Å². The lowest BCUT2D eigenvalue weighted by Crippen LogP contribution is -3.09. The van der Waals surface area contributed by atoms with Crippen molar-refractivity contribution in [3.63, 3.8) is 0 Å². The van der Waals surface area contributed by atoms with Crippen LogP contribution in [0.25, 0.3) is 0 Å². The van der Waals surface area contributed by atoms with Gasteiger partial charge in [0.1, 0.15) is 42.5 Å².